The molecule has 1 aromatic carbocycles. The summed E-state index contributed by atoms with van der Waals surface area (Å²) in [6.45, 7) is 2.21. The molecule has 0 saturated heterocycles. The lowest BCUT2D eigenvalue weighted by atomic mass is 10.1. The van der Waals surface area contributed by atoms with Gasteiger partial charge in [-0.05, 0) is 24.1 Å². The second-order valence-electron chi connectivity index (χ2n) is 4.82. The van der Waals surface area contributed by atoms with Crippen LogP contribution in [0.15, 0.2) is 36.7 Å². The Balaban J connectivity index is 2.19. The van der Waals surface area contributed by atoms with Crippen LogP contribution in [0.2, 0.25) is 0 Å². The summed E-state index contributed by atoms with van der Waals surface area (Å²) in [5.41, 5.74) is 0.800. The maximum atomic E-state index is 13.4. The number of nitro benzene ring substituents is 1. The lowest BCUT2D eigenvalue weighted by molar-refractivity contribution is -0.385. The fourth-order valence-electron chi connectivity index (χ4n) is 2.12. The summed E-state index contributed by atoms with van der Waals surface area (Å²) in [5, 5.41) is 10.7. The number of carbonyl (C=O) groups excluding carboxylic acids is 1. The third-order valence-electron chi connectivity index (χ3n) is 3.07. The first kappa shape index (κ1) is 14.9. The number of benzene rings is 1. The Kier molecular flexibility index (Phi) is 4.47. The van der Waals surface area contributed by atoms with Gasteiger partial charge in [-0.25, -0.2) is 4.39 Å². The van der Waals surface area contributed by atoms with E-state index in [9.17, 15) is 19.3 Å². The Morgan fingerprint density at radius 3 is 2.81 bits per heavy atom. The number of non-ortho nitro benzene ring substituents is 1. The Labute approximate surface area is 121 Å². The van der Waals surface area contributed by atoms with Gasteiger partial charge < -0.3 is 4.57 Å². The van der Waals surface area contributed by atoms with Crippen molar-refractivity contribution in [2.45, 2.75) is 26.3 Å². The molecule has 6 heteroatoms. The molecule has 110 valence electrons. The van der Waals surface area contributed by atoms with Crippen molar-refractivity contribution < 1.29 is 14.1 Å². The van der Waals surface area contributed by atoms with Gasteiger partial charge in [0.1, 0.15) is 5.82 Å². The monoisotopic (exact) mass is 290 g/mol. The molecule has 0 spiro atoms. The van der Waals surface area contributed by atoms with E-state index in [1.54, 1.807) is 23.0 Å². The highest BCUT2D eigenvalue weighted by Crippen LogP contribution is 2.18. The van der Waals surface area contributed by atoms with Gasteiger partial charge in [-0.1, -0.05) is 6.92 Å². The lowest BCUT2D eigenvalue weighted by Gasteiger charge is -2.04. The first-order valence-electron chi connectivity index (χ1n) is 6.62. The molecule has 0 aliphatic rings. The van der Waals surface area contributed by atoms with E-state index in [-0.39, 0.29) is 18.0 Å². The van der Waals surface area contributed by atoms with Crippen molar-refractivity contribution in [3.63, 3.8) is 0 Å². The van der Waals surface area contributed by atoms with Gasteiger partial charge in [0.05, 0.1) is 11.0 Å². The quantitative estimate of drug-likeness (QED) is 0.464. The summed E-state index contributed by atoms with van der Waals surface area (Å²) in [6.07, 6.45) is 4.64. The number of nitrogens with zero attached hydrogens (tertiary/aromatic N) is 2. The fourth-order valence-corrected chi connectivity index (χ4v) is 2.12. The zero-order valence-corrected chi connectivity index (χ0v) is 11.6. The van der Waals surface area contributed by atoms with Crippen LogP contribution in [0.4, 0.5) is 10.1 Å². The number of hydrogen-bond donors (Lipinski definition) is 0. The van der Waals surface area contributed by atoms with E-state index in [1.165, 1.54) is 12.1 Å². The Morgan fingerprint density at radius 2 is 2.14 bits per heavy atom. The molecule has 2 rings (SSSR count). The van der Waals surface area contributed by atoms with Crippen LogP contribution < -0.4 is 0 Å². The van der Waals surface area contributed by atoms with Crippen LogP contribution in [0, 0.1) is 15.9 Å². The van der Waals surface area contributed by atoms with Gasteiger partial charge >= 0.3 is 0 Å². The number of hydrogen-bond acceptors (Lipinski definition) is 3. The average Bonchev–Trinajstić information content (AvgIpc) is 2.87. The standard InChI is InChI=1S/C15H15FN2O3/c1-2-3-15(19)12-4-5-17(10-12)9-11-6-13(16)8-14(7-11)18(20)21/h4-8,10H,2-3,9H2,1H3. The predicted octanol–water partition coefficient (Wildman–Crippen LogP) is 3.57. The summed E-state index contributed by atoms with van der Waals surface area (Å²) >= 11 is 0. The van der Waals surface area contributed by atoms with Crippen LogP contribution in [0.3, 0.4) is 0 Å². The first-order chi connectivity index (χ1) is 9.99. The van der Waals surface area contributed by atoms with Gasteiger partial charge in [-0.2, -0.15) is 0 Å². The van der Waals surface area contributed by atoms with E-state index in [4.69, 9.17) is 0 Å². The van der Waals surface area contributed by atoms with Crippen molar-refractivity contribution in [3.8, 4) is 0 Å². The zero-order chi connectivity index (χ0) is 15.4. The molecule has 0 aliphatic carbocycles. The molecule has 0 saturated carbocycles. The van der Waals surface area contributed by atoms with Gasteiger partial charge in [0.25, 0.3) is 5.69 Å². The molecule has 0 amide bonds. The summed E-state index contributed by atoms with van der Waals surface area (Å²) in [7, 11) is 0. The van der Waals surface area contributed by atoms with Crippen molar-refractivity contribution in [3.05, 3.63) is 63.7 Å². The Bertz CT molecular complexity index is 679. The number of nitro groups is 1. The summed E-state index contributed by atoms with van der Waals surface area (Å²) in [6, 6.07) is 5.16. The van der Waals surface area contributed by atoms with Gasteiger partial charge in [0.15, 0.2) is 5.78 Å². The van der Waals surface area contributed by atoms with Crippen LogP contribution in [0.25, 0.3) is 0 Å². The summed E-state index contributed by atoms with van der Waals surface area (Å²) in [4.78, 5) is 21.8. The molecule has 2 aromatic rings. The molecule has 0 unspecified atom stereocenters. The molecule has 1 aromatic heterocycles. The molecule has 0 N–H and O–H groups in total. The van der Waals surface area contributed by atoms with Crippen molar-refractivity contribution in [1.29, 1.82) is 0 Å². The lowest BCUT2D eigenvalue weighted by Crippen LogP contribution is -2.00. The maximum absolute atomic E-state index is 13.4. The molecule has 1 heterocycles. The number of halogens is 1. The summed E-state index contributed by atoms with van der Waals surface area (Å²) in [5.74, 6) is -0.588. The van der Waals surface area contributed by atoms with Crippen molar-refractivity contribution in [2.24, 2.45) is 0 Å². The molecule has 0 aliphatic heterocycles. The van der Waals surface area contributed by atoms with Crippen LogP contribution in [0.5, 0.6) is 0 Å². The highest BCUT2D eigenvalue weighted by atomic mass is 19.1. The highest BCUT2D eigenvalue weighted by molar-refractivity contribution is 5.95. The zero-order valence-electron chi connectivity index (χ0n) is 11.6. The minimum Gasteiger partial charge on any atom is -0.349 e. The number of ketones is 1. The third-order valence-corrected chi connectivity index (χ3v) is 3.07. The van der Waals surface area contributed by atoms with Gasteiger partial charge in [0.2, 0.25) is 0 Å². The van der Waals surface area contributed by atoms with Gasteiger partial charge in [0, 0.05) is 37.0 Å². The average molecular weight is 290 g/mol. The van der Waals surface area contributed by atoms with Crippen molar-refractivity contribution in [1.82, 2.24) is 4.57 Å². The van der Waals surface area contributed by atoms with E-state index < -0.39 is 10.7 Å². The van der Waals surface area contributed by atoms with Gasteiger partial charge in [-0.3, -0.25) is 14.9 Å². The number of Topliss-reactive ketones (excluding diaryl/α,β-unsaturated/α-hetero) is 1. The molecule has 21 heavy (non-hydrogen) atoms. The maximum Gasteiger partial charge on any atom is 0.272 e. The van der Waals surface area contributed by atoms with Crippen molar-refractivity contribution in [2.75, 3.05) is 0 Å². The third kappa shape index (κ3) is 3.75. The molecule has 0 bridgehead atoms. The Morgan fingerprint density at radius 1 is 1.38 bits per heavy atom. The van der Waals surface area contributed by atoms with E-state index in [2.05, 4.69) is 0 Å². The smallest absolute Gasteiger partial charge is 0.272 e. The number of aromatic nitrogens is 1. The van der Waals surface area contributed by atoms with E-state index in [0.717, 1.165) is 12.5 Å². The topological polar surface area (TPSA) is 65.1 Å². The molecule has 5 nitrogen and oxygen atoms in total. The summed E-state index contributed by atoms with van der Waals surface area (Å²) < 4.78 is 15.1. The first-order valence-corrected chi connectivity index (χ1v) is 6.62. The SMILES string of the molecule is CCCC(=O)c1ccn(Cc2cc(F)cc([N+](=O)[O-])c2)c1. The molecular weight excluding hydrogens is 275 g/mol. The van der Waals surface area contributed by atoms with Gasteiger partial charge in [-0.15, -0.1) is 0 Å². The molecule has 0 radical (unpaired) electrons. The molecule has 0 fully saturated rings. The van der Waals surface area contributed by atoms with E-state index in [0.29, 0.717) is 17.5 Å². The molecule has 0 atom stereocenters. The predicted molar refractivity (Wildman–Crippen MR) is 75.8 cm³/mol. The number of carbonyl (C=O) groups is 1. The van der Waals surface area contributed by atoms with E-state index in [1.807, 2.05) is 6.92 Å². The van der Waals surface area contributed by atoms with Crippen LogP contribution in [-0.4, -0.2) is 15.3 Å². The second kappa shape index (κ2) is 6.30. The fraction of sp³-hybridized carbons (Fsp3) is 0.267. The largest absolute Gasteiger partial charge is 0.349 e. The molecular formula is C15H15FN2O3. The van der Waals surface area contributed by atoms with Crippen LogP contribution in [-0.2, 0) is 6.54 Å². The Hall–Kier alpha value is -2.50. The highest BCUT2D eigenvalue weighted by Gasteiger charge is 2.11. The van der Waals surface area contributed by atoms with Crippen LogP contribution >= 0.6 is 0 Å². The minimum absolute atomic E-state index is 0.0569. The van der Waals surface area contributed by atoms with Crippen molar-refractivity contribution >= 4 is 11.5 Å². The van der Waals surface area contributed by atoms with Crippen LogP contribution in [0.1, 0.15) is 35.7 Å². The minimum atomic E-state index is -0.645. The van der Waals surface area contributed by atoms with E-state index >= 15 is 0 Å². The number of rotatable bonds is 6. The normalized spacial score (nSPS) is 10.6. The second-order valence-corrected chi connectivity index (χ2v) is 4.82.